The SMILES string of the molecule is O=C(Nc1nccs1)C(CC1CC/C(=N/O)C1)c1ccc(Cl)c(Cl)c1. The average Bonchev–Trinajstić information content (AvgIpc) is 3.26. The molecule has 1 amide bonds. The van der Waals surface area contributed by atoms with Gasteiger partial charge >= 0.3 is 0 Å². The highest BCUT2D eigenvalue weighted by Gasteiger charge is 2.29. The molecule has 3 rings (SSSR count). The summed E-state index contributed by atoms with van der Waals surface area (Å²) in [4.78, 5) is 17.0. The lowest BCUT2D eigenvalue weighted by atomic mass is 9.87. The predicted octanol–water partition coefficient (Wildman–Crippen LogP) is 5.19. The molecule has 2 unspecified atom stereocenters. The van der Waals surface area contributed by atoms with Crippen LogP contribution in [0.5, 0.6) is 0 Å². The van der Waals surface area contributed by atoms with E-state index in [1.165, 1.54) is 11.3 Å². The van der Waals surface area contributed by atoms with Crippen molar-refractivity contribution in [3.8, 4) is 0 Å². The van der Waals surface area contributed by atoms with E-state index in [4.69, 9.17) is 28.4 Å². The Labute approximate surface area is 159 Å². The van der Waals surface area contributed by atoms with Gasteiger partial charge in [-0.25, -0.2) is 4.98 Å². The molecule has 1 aromatic heterocycles. The Kier molecular flexibility index (Phi) is 5.93. The van der Waals surface area contributed by atoms with E-state index in [2.05, 4.69) is 15.5 Å². The molecule has 2 N–H and O–H groups in total. The highest BCUT2D eigenvalue weighted by Crippen LogP contribution is 2.36. The number of aromatic nitrogens is 1. The van der Waals surface area contributed by atoms with Crippen LogP contribution in [0.2, 0.25) is 10.0 Å². The molecule has 1 aliphatic carbocycles. The number of rotatable bonds is 5. The summed E-state index contributed by atoms with van der Waals surface area (Å²) >= 11 is 13.5. The highest BCUT2D eigenvalue weighted by atomic mass is 35.5. The number of carbonyl (C=O) groups excluding carboxylic acids is 1. The Morgan fingerprint density at radius 2 is 2.28 bits per heavy atom. The minimum atomic E-state index is -0.373. The Balaban J connectivity index is 1.82. The minimum Gasteiger partial charge on any atom is -0.411 e. The van der Waals surface area contributed by atoms with Gasteiger partial charge in [-0.05, 0) is 49.3 Å². The van der Waals surface area contributed by atoms with Gasteiger partial charge in [0, 0.05) is 11.6 Å². The molecule has 1 fully saturated rings. The number of hydrogen-bond acceptors (Lipinski definition) is 5. The van der Waals surface area contributed by atoms with E-state index in [-0.39, 0.29) is 17.7 Å². The van der Waals surface area contributed by atoms with Crippen molar-refractivity contribution in [2.24, 2.45) is 11.1 Å². The van der Waals surface area contributed by atoms with Crippen LogP contribution in [0.15, 0.2) is 34.9 Å². The molecule has 5 nitrogen and oxygen atoms in total. The second-order valence-corrected chi connectivity index (χ2v) is 7.77. The van der Waals surface area contributed by atoms with Gasteiger partial charge in [-0.3, -0.25) is 4.79 Å². The fourth-order valence-corrected chi connectivity index (χ4v) is 3.97. The van der Waals surface area contributed by atoms with Crippen molar-refractivity contribution >= 4 is 51.3 Å². The van der Waals surface area contributed by atoms with E-state index in [0.717, 1.165) is 24.1 Å². The van der Waals surface area contributed by atoms with E-state index in [9.17, 15) is 4.79 Å². The van der Waals surface area contributed by atoms with Gasteiger partial charge in [0.25, 0.3) is 0 Å². The predicted molar refractivity (Wildman–Crippen MR) is 101 cm³/mol. The first-order valence-electron chi connectivity index (χ1n) is 7.92. The van der Waals surface area contributed by atoms with Crippen molar-refractivity contribution in [3.05, 3.63) is 45.4 Å². The quantitative estimate of drug-likeness (QED) is 0.538. The molecular weight excluding hydrogens is 381 g/mol. The molecule has 132 valence electrons. The van der Waals surface area contributed by atoms with Gasteiger partial charge in [-0.15, -0.1) is 11.3 Å². The number of hydrogen-bond donors (Lipinski definition) is 2. The smallest absolute Gasteiger partial charge is 0.233 e. The number of nitrogens with zero attached hydrogens (tertiary/aromatic N) is 2. The zero-order chi connectivity index (χ0) is 17.8. The fourth-order valence-electron chi connectivity index (χ4n) is 3.13. The molecule has 0 spiro atoms. The standard InChI is InChI=1S/C17H17Cl2N3O2S/c18-14-4-2-11(9-15(14)19)13(8-10-1-3-12(7-10)22-24)16(23)21-17-20-5-6-25-17/h2,4-6,9-10,13,24H,1,3,7-8H2,(H,20,21,23)/b22-12-. The molecule has 25 heavy (non-hydrogen) atoms. The first-order chi connectivity index (χ1) is 12.1. The highest BCUT2D eigenvalue weighted by molar-refractivity contribution is 7.13. The molecule has 2 aromatic rings. The normalized spacial score (nSPS) is 19.9. The molecule has 0 radical (unpaired) electrons. The van der Waals surface area contributed by atoms with Crippen LogP contribution in [0.4, 0.5) is 5.13 Å². The summed E-state index contributed by atoms with van der Waals surface area (Å²) in [6.45, 7) is 0. The first kappa shape index (κ1) is 18.2. The molecule has 0 bridgehead atoms. The van der Waals surface area contributed by atoms with Crippen LogP contribution in [-0.4, -0.2) is 21.8 Å². The van der Waals surface area contributed by atoms with Gasteiger partial charge in [0.15, 0.2) is 5.13 Å². The van der Waals surface area contributed by atoms with Gasteiger partial charge in [0.05, 0.1) is 21.7 Å². The van der Waals surface area contributed by atoms with Crippen molar-refractivity contribution < 1.29 is 10.0 Å². The zero-order valence-electron chi connectivity index (χ0n) is 13.3. The number of nitrogens with one attached hydrogen (secondary N) is 1. The second-order valence-electron chi connectivity index (χ2n) is 6.06. The van der Waals surface area contributed by atoms with Crippen LogP contribution in [0.1, 0.15) is 37.2 Å². The summed E-state index contributed by atoms with van der Waals surface area (Å²) in [5, 5.41) is 18.4. The van der Waals surface area contributed by atoms with Crippen LogP contribution in [-0.2, 0) is 4.79 Å². The van der Waals surface area contributed by atoms with Crippen LogP contribution in [0.3, 0.4) is 0 Å². The minimum absolute atomic E-state index is 0.122. The second kappa shape index (κ2) is 8.17. The summed E-state index contributed by atoms with van der Waals surface area (Å²) in [5.41, 5.74) is 1.61. The number of thiazole rings is 1. The monoisotopic (exact) mass is 397 g/mol. The Morgan fingerprint density at radius 1 is 1.44 bits per heavy atom. The van der Waals surface area contributed by atoms with E-state index >= 15 is 0 Å². The van der Waals surface area contributed by atoms with Crippen LogP contribution < -0.4 is 5.32 Å². The molecule has 1 heterocycles. The maximum Gasteiger partial charge on any atom is 0.233 e. The lowest BCUT2D eigenvalue weighted by Crippen LogP contribution is -2.23. The lowest BCUT2D eigenvalue weighted by molar-refractivity contribution is -0.118. The number of anilines is 1. The molecule has 1 aromatic carbocycles. The van der Waals surface area contributed by atoms with Gasteiger partial charge in [-0.2, -0.15) is 0 Å². The number of oxime groups is 1. The van der Waals surface area contributed by atoms with Gasteiger partial charge in [-0.1, -0.05) is 34.4 Å². The van der Waals surface area contributed by atoms with Crippen molar-refractivity contribution in [2.75, 3.05) is 5.32 Å². The Morgan fingerprint density at radius 3 is 2.92 bits per heavy atom. The van der Waals surface area contributed by atoms with Gasteiger partial charge < -0.3 is 10.5 Å². The molecular formula is C17H17Cl2N3O2S. The molecule has 2 atom stereocenters. The van der Waals surface area contributed by atoms with Crippen LogP contribution in [0, 0.1) is 5.92 Å². The Hall–Kier alpha value is -1.63. The van der Waals surface area contributed by atoms with Gasteiger partial charge in [0.1, 0.15) is 0 Å². The number of carbonyl (C=O) groups is 1. The largest absolute Gasteiger partial charge is 0.411 e. The van der Waals surface area contributed by atoms with Crippen molar-refractivity contribution in [3.63, 3.8) is 0 Å². The van der Waals surface area contributed by atoms with Crippen molar-refractivity contribution in [2.45, 2.75) is 31.6 Å². The third kappa shape index (κ3) is 4.51. The molecule has 8 heteroatoms. The average molecular weight is 398 g/mol. The van der Waals surface area contributed by atoms with Crippen molar-refractivity contribution in [1.29, 1.82) is 0 Å². The van der Waals surface area contributed by atoms with E-state index < -0.39 is 0 Å². The van der Waals surface area contributed by atoms with E-state index in [1.54, 1.807) is 18.3 Å². The maximum atomic E-state index is 12.8. The summed E-state index contributed by atoms with van der Waals surface area (Å²) in [5.74, 6) is -0.211. The summed E-state index contributed by atoms with van der Waals surface area (Å²) in [6.07, 6.45) is 4.67. The van der Waals surface area contributed by atoms with Crippen LogP contribution >= 0.6 is 34.5 Å². The maximum absolute atomic E-state index is 12.8. The number of halogens is 2. The van der Waals surface area contributed by atoms with E-state index in [0.29, 0.717) is 28.0 Å². The fraction of sp³-hybridized carbons (Fsp3) is 0.353. The lowest BCUT2D eigenvalue weighted by Gasteiger charge is -2.20. The third-order valence-electron chi connectivity index (χ3n) is 4.40. The van der Waals surface area contributed by atoms with Crippen molar-refractivity contribution in [1.82, 2.24) is 4.98 Å². The van der Waals surface area contributed by atoms with Gasteiger partial charge in [0.2, 0.25) is 5.91 Å². The summed E-state index contributed by atoms with van der Waals surface area (Å²) in [7, 11) is 0. The topological polar surface area (TPSA) is 74.6 Å². The Bertz CT molecular complexity index is 780. The number of benzene rings is 1. The zero-order valence-corrected chi connectivity index (χ0v) is 15.6. The molecule has 1 saturated carbocycles. The molecule has 0 saturated heterocycles. The number of amides is 1. The van der Waals surface area contributed by atoms with E-state index in [1.807, 2.05) is 11.4 Å². The third-order valence-corrected chi connectivity index (χ3v) is 5.83. The summed E-state index contributed by atoms with van der Waals surface area (Å²) < 4.78 is 0. The summed E-state index contributed by atoms with van der Waals surface area (Å²) in [6, 6.07) is 5.28. The first-order valence-corrected chi connectivity index (χ1v) is 9.55. The molecule has 1 aliphatic rings. The van der Waals surface area contributed by atoms with Crippen LogP contribution in [0.25, 0.3) is 0 Å². The molecule has 0 aliphatic heterocycles.